The normalized spacial score (nSPS) is 16.2. The second-order valence-corrected chi connectivity index (χ2v) is 5.85. The summed E-state index contributed by atoms with van der Waals surface area (Å²) >= 11 is 5.94. The van der Waals surface area contributed by atoms with Gasteiger partial charge in [-0.2, -0.15) is 0 Å². The lowest BCUT2D eigenvalue weighted by Gasteiger charge is -2.17. The first kappa shape index (κ1) is 14.3. The Labute approximate surface area is 127 Å². The molecule has 1 atom stereocenters. The zero-order valence-electron chi connectivity index (χ0n) is 12.0. The first-order chi connectivity index (χ1) is 10.0. The minimum Gasteiger partial charge on any atom is -0.352 e. The number of fused-ring (bicyclic) bond motifs is 1. The predicted octanol–water partition coefficient (Wildman–Crippen LogP) is 3.06. The number of alkyl halides is 1. The summed E-state index contributed by atoms with van der Waals surface area (Å²) in [7, 11) is 0. The van der Waals surface area contributed by atoms with Crippen molar-refractivity contribution in [3.8, 4) is 0 Å². The van der Waals surface area contributed by atoms with Gasteiger partial charge < -0.3 is 9.88 Å². The predicted molar refractivity (Wildman–Crippen MR) is 79.9 cm³/mol. The number of carbonyl (C=O) groups is 1. The number of hydrogen-bond donors (Lipinski definition) is 1. The van der Waals surface area contributed by atoms with Crippen molar-refractivity contribution in [3.05, 3.63) is 29.3 Å². The molecule has 0 radical (unpaired) electrons. The molecular formula is C15H17ClFN3O. The Morgan fingerprint density at radius 3 is 2.90 bits per heavy atom. The number of carbonyl (C=O) groups excluding carboxylic acids is 1. The summed E-state index contributed by atoms with van der Waals surface area (Å²) in [6, 6.07) is 2.99. The molecule has 2 aromatic rings. The van der Waals surface area contributed by atoms with Gasteiger partial charge in [-0.1, -0.05) is 0 Å². The van der Waals surface area contributed by atoms with E-state index in [1.54, 1.807) is 17.6 Å². The van der Waals surface area contributed by atoms with E-state index in [-0.39, 0.29) is 17.6 Å². The third-order valence-electron chi connectivity index (χ3n) is 3.85. The van der Waals surface area contributed by atoms with Crippen LogP contribution in [-0.4, -0.2) is 21.5 Å². The number of aromatic nitrogens is 2. The maximum atomic E-state index is 13.7. The number of benzene rings is 1. The zero-order chi connectivity index (χ0) is 15.1. The van der Waals surface area contributed by atoms with Crippen LogP contribution in [0.15, 0.2) is 12.1 Å². The highest BCUT2D eigenvalue weighted by Crippen LogP contribution is 2.26. The van der Waals surface area contributed by atoms with Crippen LogP contribution < -0.4 is 5.32 Å². The second kappa shape index (κ2) is 5.30. The van der Waals surface area contributed by atoms with Crippen molar-refractivity contribution in [3.63, 3.8) is 0 Å². The topological polar surface area (TPSA) is 46.9 Å². The van der Waals surface area contributed by atoms with Crippen LogP contribution in [0.25, 0.3) is 11.0 Å². The van der Waals surface area contributed by atoms with Gasteiger partial charge in [0.05, 0.1) is 16.9 Å². The minimum atomic E-state index is -0.422. The van der Waals surface area contributed by atoms with Crippen molar-refractivity contribution in [2.75, 3.05) is 0 Å². The van der Waals surface area contributed by atoms with E-state index in [2.05, 4.69) is 10.3 Å². The van der Waals surface area contributed by atoms with Crippen LogP contribution in [0.1, 0.15) is 37.2 Å². The molecule has 0 aliphatic heterocycles. The van der Waals surface area contributed by atoms with E-state index in [0.29, 0.717) is 22.9 Å². The number of rotatable bonds is 4. The van der Waals surface area contributed by atoms with Gasteiger partial charge in [0.1, 0.15) is 17.7 Å². The first-order valence-electron chi connectivity index (χ1n) is 7.04. The van der Waals surface area contributed by atoms with Crippen molar-refractivity contribution in [2.24, 2.45) is 0 Å². The molecule has 0 spiro atoms. The molecule has 0 saturated heterocycles. The van der Waals surface area contributed by atoms with Gasteiger partial charge in [0, 0.05) is 12.1 Å². The fourth-order valence-corrected chi connectivity index (χ4v) is 2.65. The molecule has 1 heterocycles. The van der Waals surface area contributed by atoms with Crippen molar-refractivity contribution in [2.45, 2.75) is 44.7 Å². The number of hydrogen-bond acceptors (Lipinski definition) is 2. The van der Waals surface area contributed by atoms with Crippen LogP contribution in [0.4, 0.5) is 4.39 Å². The van der Waals surface area contributed by atoms with E-state index >= 15 is 0 Å². The highest BCUT2D eigenvalue weighted by atomic mass is 35.5. The van der Waals surface area contributed by atoms with Gasteiger partial charge in [-0.05, 0) is 38.3 Å². The van der Waals surface area contributed by atoms with Crippen LogP contribution in [0.2, 0.25) is 0 Å². The van der Waals surface area contributed by atoms with E-state index in [0.717, 1.165) is 18.4 Å². The molecule has 1 fully saturated rings. The molecule has 112 valence electrons. The Kier molecular flexibility index (Phi) is 3.61. The highest BCUT2D eigenvalue weighted by molar-refractivity contribution is 6.17. The largest absolute Gasteiger partial charge is 0.352 e. The summed E-state index contributed by atoms with van der Waals surface area (Å²) in [5.41, 5.74) is 1.79. The summed E-state index contributed by atoms with van der Waals surface area (Å²) in [4.78, 5) is 16.6. The number of amides is 1. The zero-order valence-corrected chi connectivity index (χ0v) is 12.7. The van der Waals surface area contributed by atoms with E-state index < -0.39 is 6.04 Å². The van der Waals surface area contributed by atoms with Crippen LogP contribution in [-0.2, 0) is 10.7 Å². The molecule has 1 aliphatic rings. The Balaban J connectivity index is 2.06. The third-order valence-corrected chi connectivity index (χ3v) is 4.09. The van der Waals surface area contributed by atoms with Crippen molar-refractivity contribution < 1.29 is 9.18 Å². The van der Waals surface area contributed by atoms with Crippen molar-refractivity contribution in [1.82, 2.24) is 14.9 Å². The van der Waals surface area contributed by atoms with Crippen LogP contribution in [0, 0.1) is 12.7 Å². The molecule has 21 heavy (non-hydrogen) atoms. The molecule has 1 unspecified atom stereocenters. The summed E-state index contributed by atoms with van der Waals surface area (Å²) in [5, 5.41) is 2.98. The summed E-state index contributed by atoms with van der Waals surface area (Å²) in [5.74, 6) is 0.403. The Morgan fingerprint density at radius 2 is 2.29 bits per heavy atom. The van der Waals surface area contributed by atoms with Gasteiger partial charge in [0.2, 0.25) is 5.91 Å². The van der Waals surface area contributed by atoms with Crippen LogP contribution in [0.5, 0.6) is 0 Å². The summed E-state index contributed by atoms with van der Waals surface area (Å²) in [6.07, 6.45) is 2.08. The second-order valence-electron chi connectivity index (χ2n) is 5.58. The van der Waals surface area contributed by atoms with Crippen molar-refractivity contribution in [1.29, 1.82) is 0 Å². The summed E-state index contributed by atoms with van der Waals surface area (Å²) in [6.45, 7) is 3.51. The minimum absolute atomic E-state index is 0.0508. The fraction of sp³-hybridized carbons (Fsp3) is 0.467. The highest BCUT2D eigenvalue weighted by Gasteiger charge is 2.28. The lowest BCUT2D eigenvalue weighted by molar-refractivity contribution is -0.123. The molecule has 1 aromatic carbocycles. The van der Waals surface area contributed by atoms with Crippen LogP contribution in [0.3, 0.4) is 0 Å². The molecular weight excluding hydrogens is 293 g/mol. The monoisotopic (exact) mass is 309 g/mol. The lowest BCUT2D eigenvalue weighted by Crippen LogP contribution is -2.33. The third kappa shape index (κ3) is 2.62. The van der Waals surface area contributed by atoms with Gasteiger partial charge in [0.25, 0.3) is 0 Å². The number of halogens is 2. The molecule has 3 rings (SSSR count). The molecule has 1 aliphatic carbocycles. The molecule has 1 N–H and O–H groups in total. The fourth-order valence-electron chi connectivity index (χ4n) is 2.46. The van der Waals surface area contributed by atoms with Gasteiger partial charge in [-0.25, -0.2) is 9.37 Å². The quantitative estimate of drug-likeness (QED) is 0.882. The molecule has 0 bridgehead atoms. The molecule has 1 saturated carbocycles. The Morgan fingerprint density at radius 1 is 1.57 bits per heavy atom. The maximum absolute atomic E-state index is 13.7. The van der Waals surface area contributed by atoms with Crippen molar-refractivity contribution >= 4 is 28.5 Å². The Bertz CT molecular complexity index is 708. The standard InChI is InChI=1S/C15H17ClFN3O/c1-8-5-13-12(6-11(8)17)19-14(7-16)20(13)9(2)15(21)18-10-3-4-10/h5-6,9-10H,3-4,7H2,1-2H3,(H,18,21). The van der Waals surface area contributed by atoms with E-state index in [9.17, 15) is 9.18 Å². The van der Waals surface area contributed by atoms with Gasteiger partial charge in [0.15, 0.2) is 0 Å². The molecule has 6 heteroatoms. The number of imidazole rings is 1. The SMILES string of the molecule is Cc1cc2c(cc1F)nc(CCl)n2C(C)C(=O)NC1CC1. The number of aryl methyl sites for hydroxylation is 1. The summed E-state index contributed by atoms with van der Waals surface area (Å²) < 4.78 is 15.5. The average molecular weight is 310 g/mol. The van der Waals surface area contributed by atoms with Gasteiger partial charge in [-0.3, -0.25) is 4.79 Å². The lowest BCUT2D eigenvalue weighted by atomic mass is 10.2. The maximum Gasteiger partial charge on any atom is 0.243 e. The molecule has 1 amide bonds. The number of nitrogens with one attached hydrogen (secondary N) is 1. The number of nitrogens with zero attached hydrogens (tertiary/aromatic N) is 2. The van der Waals surface area contributed by atoms with E-state index in [1.165, 1.54) is 6.07 Å². The molecule has 1 aromatic heterocycles. The van der Waals surface area contributed by atoms with Gasteiger partial charge in [-0.15, -0.1) is 11.6 Å². The van der Waals surface area contributed by atoms with E-state index in [4.69, 9.17) is 11.6 Å². The smallest absolute Gasteiger partial charge is 0.243 e. The molecule has 4 nitrogen and oxygen atoms in total. The average Bonchev–Trinajstić information content (AvgIpc) is 3.19. The van der Waals surface area contributed by atoms with Crippen LogP contribution >= 0.6 is 11.6 Å². The van der Waals surface area contributed by atoms with E-state index in [1.807, 2.05) is 6.92 Å². The van der Waals surface area contributed by atoms with Gasteiger partial charge >= 0.3 is 0 Å². The Hall–Kier alpha value is -1.62. The first-order valence-corrected chi connectivity index (χ1v) is 7.58.